The number of hydrogen-bond donors (Lipinski definition) is 0. The monoisotopic (exact) mass is 179 g/mol. The van der Waals surface area contributed by atoms with Gasteiger partial charge in [-0.15, -0.1) is 11.6 Å². The average molecular weight is 180 g/mol. The Labute approximate surface area is 70.1 Å². The van der Waals surface area contributed by atoms with Gasteiger partial charge in [0, 0.05) is 7.05 Å². The van der Waals surface area contributed by atoms with Crippen LogP contribution in [0.2, 0.25) is 0 Å². The molecule has 4 nitrogen and oxygen atoms in total. The first kappa shape index (κ1) is 10.2. The Morgan fingerprint density at radius 2 is 2.09 bits per heavy atom. The van der Waals surface area contributed by atoms with Crippen molar-refractivity contribution in [2.45, 2.75) is 0 Å². The van der Waals surface area contributed by atoms with Crippen molar-refractivity contribution >= 4 is 23.5 Å². The molecule has 0 spiro atoms. The Balaban J connectivity index is 3.77. The lowest BCUT2D eigenvalue weighted by molar-refractivity contribution is -0.117. The quantitative estimate of drug-likeness (QED) is 0.593. The second-order valence-corrected chi connectivity index (χ2v) is 2.27. The first-order valence-electron chi connectivity index (χ1n) is 2.98. The minimum Gasteiger partial charge on any atom is -0.453 e. The summed E-state index contributed by atoms with van der Waals surface area (Å²) in [6, 6.07) is 0. The van der Waals surface area contributed by atoms with E-state index >= 15 is 0 Å². The maximum Gasteiger partial charge on any atom is 0.409 e. The van der Waals surface area contributed by atoms with E-state index in [1.54, 1.807) is 0 Å². The van der Waals surface area contributed by atoms with Crippen LogP contribution in [0.15, 0.2) is 0 Å². The standard InChI is InChI=1S/C6H10ClNO3/c1-8(6(10)11-2)4-5(9)3-7/h3-4H2,1-2H3. The molecule has 5 heteroatoms. The highest BCUT2D eigenvalue weighted by Crippen LogP contribution is 1.89. The molecule has 0 bridgehead atoms. The highest BCUT2D eigenvalue weighted by atomic mass is 35.5. The van der Waals surface area contributed by atoms with E-state index in [0.717, 1.165) is 4.90 Å². The summed E-state index contributed by atoms with van der Waals surface area (Å²) < 4.78 is 4.35. The van der Waals surface area contributed by atoms with Gasteiger partial charge < -0.3 is 9.64 Å². The number of hydrogen-bond acceptors (Lipinski definition) is 3. The second kappa shape index (κ2) is 4.96. The number of ketones is 1. The van der Waals surface area contributed by atoms with Crippen LogP contribution >= 0.6 is 11.6 Å². The van der Waals surface area contributed by atoms with Crippen molar-refractivity contribution in [1.29, 1.82) is 0 Å². The predicted molar refractivity (Wildman–Crippen MR) is 40.8 cm³/mol. The molecule has 0 aromatic heterocycles. The fourth-order valence-corrected chi connectivity index (χ4v) is 0.612. The van der Waals surface area contributed by atoms with Crippen molar-refractivity contribution in [2.75, 3.05) is 26.6 Å². The number of carbonyl (C=O) groups excluding carboxylic acids is 2. The Morgan fingerprint density at radius 3 is 2.45 bits per heavy atom. The molecule has 0 saturated heterocycles. The number of halogens is 1. The molecule has 0 atom stereocenters. The molecule has 0 unspecified atom stereocenters. The molecule has 0 N–H and O–H groups in total. The summed E-state index contributed by atoms with van der Waals surface area (Å²) in [5.74, 6) is -0.291. The first-order chi connectivity index (χ1) is 5.11. The summed E-state index contributed by atoms with van der Waals surface area (Å²) in [5.41, 5.74) is 0. The van der Waals surface area contributed by atoms with Gasteiger partial charge in [-0.25, -0.2) is 4.79 Å². The normalized spacial score (nSPS) is 9.00. The lowest BCUT2D eigenvalue weighted by Gasteiger charge is -2.12. The molecule has 0 aliphatic carbocycles. The second-order valence-electron chi connectivity index (χ2n) is 2.00. The van der Waals surface area contributed by atoms with E-state index in [2.05, 4.69) is 4.74 Å². The molecule has 0 fully saturated rings. The zero-order valence-corrected chi connectivity index (χ0v) is 7.22. The SMILES string of the molecule is COC(=O)N(C)CC(=O)CCl. The molecule has 0 aromatic carbocycles. The molecule has 0 heterocycles. The smallest absolute Gasteiger partial charge is 0.409 e. The number of likely N-dealkylation sites (N-methyl/N-ethyl adjacent to an activating group) is 1. The van der Waals surface area contributed by atoms with Gasteiger partial charge in [0.15, 0.2) is 5.78 Å². The highest BCUT2D eigenvalue weighted by molar-refractivity contribution is 6.28. The summed E-state index contributed by atoms with van der Waals surface area (Å²) in [4.78, 5) is 22.5. The first-order valence-corrected chi connectivity index (χ1v) is 3.52. The lowest BCUT2D eigenvalue weighted by atomic mass is 10.4. The van der Waals surface area contributed by atoms with Gasteiger partial charge in [0.1, 0.15) is 0 Å². The van der Waals surface area contributed by atoms with E-state index in [1.807, 2.05) is 0 Å². The summed E-state index contributed by atoms with van der Waals surface area (Å²) in [6.45, 7) is -0.00380. The van der Waals surface area contributed by atoms with E-state index in [-0.39, 0.29) is 18.2 Å². The fraction of sp³-hybridized carbons (Fsp3) is 0.667. The van der Waals surface area contributed by atoms with Crippen LogP contribution in [0.3, 0.4) is 0 Å². The molecule has 1 amide bonds. The van der Waals surface area contributed by atoms with Gasteiger partial charge in [-0.3, -0.25) is 4.79 Å². The number of Topliss-reactive ketones (excluding diaryl/α,β-unsaturated/α-hetero) is 1. The summed E-state index contributed by atoms with van der Waals surface area (Å²) in [7, 11) is 2.72. The van der Waals surface area contributed by atoms with Crippen molar-refractivity contribution in [1.82, 2.24) is 4.90 Å². The minimum atomic E-state index is -0.538. The van der Waals surface area contributed by atoms with Crippen LogP contribution in [0.25, 0.3) is 0 Å². The molecular formula is C6H10ClNO3. The molecule has 0 rings (SSSR count). The summed E-state index contributed by atoms with van der Waals surface area (Å²) in [5, 5.41) is 0. The van der Waals surface area contributed by atoms with Crippen LogP contribution in [0, 0.1) is 0 Å². The zero-order valence-electron chi connectivity index (χ0n) is 6.46. The van der Waals surface area contributed by atoms with Crippen LogP contribution in [0.4, 0.5) is 4.79 Å². The number of rotatable bonds is 3. The van der Waals surface area contributed by atoms with Crippen molar-refractivity contribution in [3.63, 3.8) is 0 Å². The van der Waals surface area contributed by atoms with E-state index in [1.165, 1.54) is 14.2 Å². The third-order valence-corrected chi connectivity index (χ3v) is 1.35. The molecule has 0 saturated carbocycles. The van der Waals surface area contributed by atoms with Crippen LogP contribution in [-0.2, 0) is 9.53 Å². The van der Waals surface area contributed by atoms with Gasteiger partial charge in [0.25, 0.3) is 0 Å². The van der Waals surface area contributed by atoms with Crippen molar-refractivity contribution in [2.24, 2.45) is 0 Å². The van der Waals surface area contributed by atoms with E-state index in [9.17, 15) is 9.59 Å². The summed E-state index contributed by atoms with van der Waals surface area (Å²) >= 11 is 5.22. The predicted octanol–water partition coefficient (Wildman–Crippen LogP) is 0.492. The Bertz CT molecular complexity index is 160. The van der Waals surface area contributed by atoms with Crippen LogP contribution in [0.5, 0.6) is 0 Å². The maximum atomic E-state index is 10.7. The summed E-state index contributed by atoms with van der Waals surface area (Å²) in [6.07, 6.45) is -0.538. The largest absolute Gasteiger partial charge is 0.453 e. The van der Waals surface area contributed by atoms with E-state index in [0.29, 0.717) is 0 Å². The number of nitrogens with zero attached hydrogens (tertiary/aromatic N) is 1. The Kier molecular flexibility index (Phi) is 4.61. The minimum absolute atomic E-state index is 0.00380. The van der Waals surface area contributed by atoms with Crippen LogP contribution < -0.4 is 0 Å². The molecule has 0 aliphatic rings. The van der Waals surface area contributed by atoms with E-state index < -0.39 is 6.09 Å². The van der Waals surface area contributed by atoms with Gasteiger partial charge in [0.2, 0.25) is 0 Å². The number of carbonyl (C=O) groups is 2. The molecule has 64 valence electrons. The van der Waals surface area contributed by atoms with Crippen molar-refractivity contribution in [3.8, 4) is 0 Å². The number of methoxy groups -OCH3 is 1. The van der Waals surface area contributed by atoms with Gasteiger partial charge in [-0.1, -0.05) is 0 Å². The zero-order chi connectivity index (χ0) is 8.85. The molecule has 0 radical (unpaired) electrons. The molecule has 0 aromatic rings. The Morgan fingerprint density at radius 1 is 1.55 bits per heavy atom. The Hall–Kier alpha value is -0.770. The number of alkyl halides is 1. The van der Waals surface area contributed by atoms with Gasteiger partial charge in [-0.2, -0.15) is 0 Å². The van der Waals surface area contributed by atoms with Gasteiger partial charge in [0.05, 0.1) is 19.5 Å². The molecule has 11 heavy (non-hydrogen) atoms. The van der Waals surface area contributed by atoms with E-state index in [4.69, 9.17) is 11.6 Å². The average Bonchev–Trinajstić information content (AvgIpc) is 2.02. The van der Waals surface area contributed by atoms with Crippen molar-refractivity contribution in [3.05, 3.63) is 0 Å². The highest BCUT2D eigenvalue weighted by Gasteiger charge is 2.11. The third kappa shape index (κ3) is 3.83. The fourth-order valence-electron chi connectivity index (χ4n) is 0.527. The van der Waals surface area contributed by atoms with Crippen molar-refractivity contribution < 1.29 is 14.3 Å². The van der Waals surface area contributed by atoms with Gasteiger partial charge >= 0.3 is 6.09 Å². The van der Waals surface area contributed by atoms with Gasteiger partial charge in [-0.05, 0) is 0 Å². The molecular weight excluding hydrogens is 170 g/mol. The van der Waals surface area contributed by atoms with Crippen LogP contribution in [0.1, 0.15) is 0 Å². The third-order valence-electron chi connectivity index (χ3n) is 1.05. The maximum absolute atomic E-state index is 10.7. The topological polar surface area (TPSA) is 46.6 Å². The molecule has 0 aliphatic heterocycles. The number of amides is 1. The lowest BCUT2D eigenvalue weighted by Crippen LogP contribution is -2.32. The van der Waals surface area contributed by atoms with Crippen LogP contribution in [-0.4, -0.2) is 43.4 Å². The number of ether oxygens (including phenoxy) is 1.